The lowest BCUT2D eigenvalue weighted by molar-refractivity contribution is -0.126. The molecule has 1 saturated carbocycles. The molecule has 1 aromatic rings. The van der Waals surface area contributed by atoms with Crippen LogP contribution in [-0.4, -0.2) is 27.8 Å². The molecule has 2 rings (SSSR count). The molecule has 0 spiro atoms. The van der Waals surface area contributed by atoms with Gasteiger partial charge in [-0.05, 0) is 43.9 Å². The Kier molecular flexibility index (Phi) is 5.53. The average molecular weight is 309 g/mol. The highest BCUT2D eigenvalue weighted by Gasteiger charge is 2.33. The van der Waals surface area contributed by atoms with Gasteiger partial charge in [-0.3, -0.25) is 4.79 Å². The lowest BCUT2D eigenvalue weighted by Gasteiger charge is -2.23. The number of aliphatic hydroxyl groups is 2. The SMILES string of the molecule is CC(CC(O)c1ccc(F)cc1)NC(=O)CC1(O)CCCC1. The largest absolute Gasteiger partial charge is 0.389 e. The maximum atomic E-state index is 12.9. The van der Waals surface area contributed by atoms with Crippen LogP contribution in [0.25, 0.3) is 0 Å². The summed E-state index contributed by atoms with van der Waals surface area (Å²) >= 11 is 0. The van der Waals surface area contributed by atoms with Crippen LogP contribution < -0.4 is 5.32 Å². The first-order chi connectivity index (χ1) is 10.4. The van der Waals surface area contributed by atoms with E-state index in [2.05, 4.69) is 5.32 Å². The summed E-state index contributed by atoms with van der Waals surface area (Å²) in [4.78, 5) is 12.0. The van der Waals surface area contributed by atoms with E-state index in [1.807, 2.05) is 6.92 Å². The molecule has 122 valence electrons. The highest BCUT2D eigenvalue weighted by atomic mass is 19.1. The number of carbonyl (C=O) groups is 1. The maximum absolute atomic E-state index is 12.9. The molecule has 1 aliphatic carbocycles. The molecule has 22 heavy (non-hydrogen) atoms. The number of halogens is 1. The summed E-state index contributed by atoms with van der Waals surface area (Å²) < 4.78 is 12.9. The molecule has 1 fully saturated rings. The lowest BCUT2D eigenvalue weighted by Crippen LogP contribution is -2.39. The molecule has 0 aromatic heterocycles. The molecule has 0 radical (unpaired) electrons. The van der Waals surface area contributed by atoms with E-state index in [1.54, 1.807) is 0 Å². The first-order valence-electron chi connectivity index (χ1n) is 7.83. The number of hydrogen-bond donors (Lipinski definition) is 3. The topological polar surface area (TPSA) is 69.6 Å². The number of amides is 1. The van der Waals surface area contributed by atoms with E-state index >= 15 is 0 Å². The minimum Gasteiger partial charge on any atom is -0.389 e. The summed E-state index contributed by atoms with van der Waals surface area (Å²) in [6, 6.07) is 5.46. The third kappa shape index (κ3) is 4.78. The molecule has 5 heteroatoms. The van der Waals surface area contributed by atoms with Crippen LogP contribution in [0.5, 0.6) is 0 Å². The van der Waals surface area contributed by atoms with Crippen LogP contribution in [0.4, 0.5) is 4.39 Å². The molecule has 2 unspecified atom stereocenters. The molecule has 1 amide bonds. The summed E-state index contributed by atoms with van der Waals surface area (Å²) in [6.07, 6.45) is 2.97. The van der Waals surface area contributed by atoms with E-state index in [-0.39, 0.29) is 24.2 Å². The Balaban J connectivity index is 1.80. The van der Waals surface area contributed by atoms with Gasteiger partial charge in [0.1, 0.15) is 5.82 Å². The normalized spacial score (nSPS) is 19.6. The third-order valence-electron chi connectivity index (χ3n) is 4.26. The predicted molar refractivity (Wildman–Crippen MR) is 81.6 cm³/mol. The smallest absolute Gasteiger partial charge is 0.223 e. The molecule has 0 heterocycles. The molecular formula is C17H24FNO3. The zero-order valence-electron chi connectivity index (χ0n) is 12.9. The van der Waals surface area contributed by atoms with Gasteiger partial charge in [0.05, 0.1) is 18.1 Å². The third-order valence-corrected chi connectivity index (χ3v) is 4.26. The van der Waals surface area contributed by atoms with E-state index < -0.39 is 11.7 Å². The van der Waals surface area contributed by atoms with Crippen LogP contribution in [0.15, 0.2) is 24.3 Å². The van der Waals surface area contributed by atoms with Gasteiger partial charge in [-0.1, -0.05) is 25.0 Å². The van der Waals surface area contributed by atoms with Gasteiger partial charge in [-0.25, -0.2) is 4.39 Å². The van der Waals surface area contributed by atoms with Gasteiger partial charge in [0.25, 0.3) is 0 Å². The number of hydrogen-bond acceptors (Lipinski definition) is 3. The second-order valence-electron chi connectivity index (χ2n) is 6.38. The van der Waals surface area contributed by atoms with Crippen molar-refractivity contribution in [1.82, 2.24) is 5.32 Å². The van der Waals surface area contributed by atoms with Crippen molar-refractivity contribution in [3.8, 4) is 0 Å². The zero-order chi connectivity index (χ0) is 16.2. The molecule has 4 nitrogen and oxygen atoms in total. The fourth-order valence-electron chi connectivity index (χ4n) is 3.05. The van der Waals surface area contributed by atoms with Crippen molar-refractivity contribution in [1.29, 1.82) is 0 Å². The van der Waals surface area contributed by atoms with Crippen LogP contribution in [0.2, 0.25) is 0 Å². The highest BCUT2D eigenvalue weighted by molar-refractivity contribution is 5.77. The van der Waals surface area contributed by atoms with E-state index in [0.29, 0.717) is 24.8 Å². The number of nitrogens with one attached hydrogen (secondary N) is 1. The Hall–Kier alpha value is -1.46. The van der Waals surface area contributed by atoms with Crippen molar-refractivity contribution in [2.24, 2.45) is 0 Å². The summed E-state index contributed by atoms with van der Waals surface area (Å²) in [5, 5.41) is 23.1. The van der Waals surface area contributed by atoms with Crippen molar-refractivity contribution < 1.29 is 19.4 Å². The van der Waals surface area contributed by atoms with Gasteiger partial charge in [0.2, 0.25) is 5.91 Å². The molecule has 3 N–H and O–H groups in total. The summed E-state index contributed by atoms with van der Waals surface area (Å²) in [6.45, 7) is 1.81. The van der Waals surface area contributed by atoms with E-state index in [9.17, 15) is 19.4 Å². The molecule has 0 bridgehead atoms. The predicted octanol–water partition coefficient (Wildman–Crippen LogP) is 2.45. The maximum Gasteiger partial charge on any atom is 0.223 e. The van der Waals surface area contributed by atoms with Crippen molar-refractivity contribution in [2.75, 3.05) is 0 Å². The fraction of sp³-hybridized carbons (Fsp3) is 0.588. The Morgan fingerprint density at radius 1 is 1.32 bits per heavy atom. The first-order valence-corrected chi connectivity index (χ1v) is 7.83. The quantitative estimate of drug-likeness (QED) is 0.756. The second kappa shape index (κ2) is 7.20. The second-order valence-corrected chi connectivity index (χ2v) is 6.38. The number of aliphatic hydroxyl groups excluding tert-OH is 1. The zero-order valence-corrected chi connectivity index (χ0v) is 12.9. The molecule has 0 saturated heterocycles. The first kappa shape index (κ1) is 16.9. The molecule has 2 atom stereocenters. The lowest BCUT2D eigenvalue weighted by atomic mass is 9.97. The van der Waals surface area contributed by atoms with Crippen LogP contribution in [-0.2, 0) is 4.79 Å². The minimum absolute atomic E-state index is 0.115. The standard InChI is InChI=1S/C17H24FNO3/c1-12(10-15(20)13-4-6-14(18)7-5-13)19-16(21)11-17(22)8-2-3-9-17/h4-7,12,15,20,22H,2-3,8-11H2,1H3,(H,19,21). The van der Waals surface area contributed by atoms with E-state index in [1.165, 1.54) is 24.3 Å². The van der Waals surface area contributed by atoms with Gasteiger partial charge in [-0.15, -0.1) is 0 Å². The minimum atomic E-state index is -0.862. The Bertz CT molecular complexity index is 497. The van der Waals surface area contributed by atoms with Gasteiger partial charge in [0, 0.05) is 6.04 Å². The summed E-state index contributed by atoms with van der Waals surface area (Å²) in [7, 11) is 0. The van der Waals surface area contributed by atoms with Crippen LogP contribution in [0.1, 0.15) is 57.1 Å². The van der Waals surface area contributed by atoms with Crippen LogP contribution in [0, 0.1) is 5.82 Å². The molecule has 1 aromatic carbocycles. The summed E-state index contributed by atoms with van der Waals surface area (Å²) in [5.41, 5.74) is -0.240. The van der Waals surface area contributed by atoms with E-state index in [0.717, 1.165) is 12.8 Å². The van der Waals surface area contributed by atoms with Crippen molar-refractivity contribution in [2.45, 2.75) is 63.2 Å². The molecular weight excluding hydrogens is 285 g/mol. The fourth-order valence-corrected chi connectivity index (χ4v) is 3.05. The Morgan fingerprint density at radius 3 is 2.50 bits per heavy atom. The monoisotopic (exact) mass is 309 g/mol. The van der Waals surface area contributed by atoms with Crippen molar-refractivity contribution in [3.63, 3.8) is 0 Å². The van der Waals surface area contributed by atoms with Crippen molar-refractivity contribution in [3.05, 3.63) is 35.6 Å². The molecule has 0 aliphatic heterocycles. The van der Waals surface area contributed by atoms with Crippen molar-refractivity contribution >= 4 is 5.91 Å². The molecule has 1 aliphatic rings. The average Bonchev–Trinajstić information content (AvgIpc) is 2.85. The van der Waals surface area contributed by atoms with E-state index in [4.69, 9.17) is 0 Å². The van der Waals surface area contributed by atoms with Gasteiger partial charge < -0.3 is 15.5 Å². The summed E-state index contributed by atoms with van der Waals surface area (Å²) in [5.74, 6) is -0.537. The number of benzene rings is 1. The Labute approximate surface area is 130 Å². The number of carbonyl (C=O) groups excluding carboxylic acids is 1. The highest BCUT2D eigenvalue weighted by Crippen LogP contribution is 2.32. The number of rotatable bonds is 6. The van der Waals surface area contributed by atoms with Crippen LogP contribution >= 0.6 is 0 Å². The van der Waals surface area contributed by atoms with Gasteiger partial charge >= 0.3 is 0 Å². The van der Waals surface area contributed by atoms with Gasteiger partial charge in [-0.2, -0.15) is 0 Å². The van der Waals surface area contributed by atoms with Gasteiger partial charge in [0.15, 0.2) is 0 Å². The Morgan fingerprint density at radius 2 is 1.91 bits per heavy atom. The van der Waals surface area contributed by atoms with Crippen LogP contribution in [0.3, 0.4) is 0 Å².